The topological polar surface area (TPSA) is 35.2 Å². The molecule has 0 aliphatic rings. The van der Waals surface area contributed by atoms with Crippen molar-refractivity contribution >= 4 is 0 Å². The largest absolute Gasteiger partial charge is 0.497 e. The van der Waals surface area contributed by atoms with Crippen molar-refractivity contribution in [3.05, 3.63) is 65.0 Å². The van der Waals surface area contributed by atoms with E-state index in [0.717, 1.165) is 12.1 Å². The van der Waals surface area contributed by atoms with E-state index in [0.29, 0.717) is 17.4 Å². The van der Waals surface area contributed by atoms with E-state index in [4.69, 9.17) is 10.5 Å². The fourth-order valence-electron chi connectivity index (χ4n) is 1.97. The van der Waals surface area contributed by atoms with Gasteiger partial charge in [-0.2, -0.15) is 13.2 Å². The van der Waals surface area contributed by atoms with Crippen LogP contribution in [-0.2, 0) is 6.18 Å². The first-order chi connectivity index (χ1) is 9.82. The van der Waals surface area contributed by atoms with Gasteiger partial charge < -0.3 is 10.5 Å². The lowest BCUT2D eigenvalue weighted by Gasteiger charge is -2.16. The molecule has 0 amide bonds. The standard InChI is InChI=1S/C15H13F4NO/c1-21-11-4-2-3-9(7-11)14(20)12-8-10(15(17,18)19)5-6-13(12)16/h2-8,14H,20H2,1H3. The van der Waals surface area contributed by atoms with Gasteiger partial charge in [0.25, 0.3) is 0 Å². The number of halogens is 4. The predicted octanol–water partition coefficient (Wildman–Crippen LogP) is 3.90. The second kappa shape index (κ2) is 5.73. The highest BCUT2D eigenvalue weighted by Gasteiger charge is 2.31. The molecular formula is C15H13F4NO. The summed E-state index contributed by atoms with van der Waals surface area (Å²) in [7, 11) is 1.45. The number of ether oxygens (including phenoxy) is 1. The molecule has 0 aliphatic heterocycles. The van der Waals surface area contributed by atoms with Crippen LogP contribution in [0.5, 0.6) is 5.75 Å². The Morgan fingerprint density at radius 1 is 1.10 bits per heavy atom. The zero-order chi connectivity index (χ0) is 15.6. The Labute approximate surface area is 119 Å². The summed E-state index contributed by atoms with van der Waals surface area (Å²) in [4.78, 5) is 0. The van der Waals surface area contributed by atoms with Gasteiger partial charge in [-0.05, 0) is 35.9 Å². The van der Waals surface area contributed by atoms with Gasteiger partial charge in [0.1, 0.15) is 11.6 Å². The number of nitrogens with two attached hydrogens (primary N) is 1. The van der Waals surface area contributed by atoms with Crippen LogP contribution in [0.4, 0.5) is 17.6 Å². The molecule has 1 unspecified atom stereocenters. The van der Waals surface area contributed by atoms with E-state index in [1.54, 1.807) is 24.3 Å². The second-order valence-corrected chi connectivity index (χ2v) is 4.49. The normalized spacial score (nSPS) is 13.0. The minimum absolute atomic E-state index is 0.210. The number of hydrogen-bond donors (Lipinski definition) is 1. The van der Waals surface area contributed by atoms with Crippen LogP contribution in [0.3, 0.4) is 0 Å². The fraction of sp³-hybridized carbons (Fsp3) is 0.200. The third kappa shape index (κ3) is 3.33. The van der Waals surface area contributed by atoms with Crippen molar-refractivity contribution in [2.75, 3.05) is 7.11 Å². The van der Waals surface area contributed by atoms with Crippen LogP contribution in [0.1, 0.15) is 22.7 Å². The van der Waals surface area contributed by atoms with Crippen LogP contribution in [0.15, 0.2) is 42.5 Å². The monoisotopic (exact) mass is 299 g/mol. The van der Waals surface area contributed by atoms with Crippen molar-refractivity contribution in [1.29, 1.82) is 0 Å². The van der Waals surface area contributed by atoms with E-state index >= 15 is 0 Å². The highest BCUT2D eigenvalue weighted by atomic mass is 19.4. The van der Waals surface area contributed by atoms with Gasteiger partial charge in [-0.25, -0.2) is 4.39 Å². The average Bonchev–Trinajstić information content (AvgIpc) is 2.46. The van der Waals surface area contributed by atoms with Crippen LogP contribution in [-0.4, -0.2) is 7.11 Å². The van der Waals surface area contributed by atoms with Gasteiger partial charge in [0.15, 0.2) is 0 Å². The van der Waals surface area contributed by atoms with E-state index in [2.05, 4.69) is 0 Å². The molecule has 0 saturated heterocycles. The van der Waals surface area contributed by atoms with E-state index in [1.807, 2.05) is 0 Å². The number of rotatable bonds is 3. The maximum absolute atomic E-state index is 13.8. The van der Waals surface area contributed by atoms with Crippen LogP contribution in [0, 0.1) is 5.82 Å². The van der Waals surface area contributed by atoms with Crippen LogP contribution >= 0.6 is 0 Å². The number of benzene rings is 2. The number of hydrogen-bond acceptors (Lipinski definition) is 2. The molecule has 0 aliphatic carbocycles. The van der Waals surface area contributed by atoms with Gasteiger partial charge in [-0.1, -0.05) is 12.1 Å². The lowest BCUT2D eigenvalue weighted by molar-refractivity contribution is -0.137. The van der Waals surface area contributed by atoms with E-state index in [9.17, 15) is 17.6 Å². The van der Waals surface area contributed by atoms with Gasteiger partial charge in [0.2, 0.25) is 0 Å². The summed E-state index contributed by atoms with van der Waals surface area (Å²) >= 11 is 0. The molecule has 2 nitrogen and oxygen atoms in total. The fourth-order valence-corrected chi connectivity index (χ4v) is 1.97. The van der Waals surface area contributed by atoms with Crippen LogP contribution in [0.2, 0.25) is 0 Å². The minimum Gasteiger partial charge on any atom is -0.497 e. The first-order valence-electron chi connectivity index (χ1n) is 6.09. The van der Waals surface area contributed by atoms with Gasteiger partial charge in [-0.3, -0.25) is 0 Å². The van der Waals surface area contributed by atoms with Crippen molar-refractivity contribution in [1.82, 2.24) is 0 Å². The third-order valence-electron chi connectivity index (χ3n) is 3.11. The molecule has 0 heterocycles. The summed E-state index contributed by atoms with van der Waals surface area (Å²) in [6.45, 7) is 0. The van der Waals surface area contributed by atoms with Crippen LogP contribution in [0.25, 0.3) is 0 Å². The van der Waals surface area contributed by atoms with E-state index < -0.39 is 23.6 Å². The maximum atomic E-state index is 13.8. The molecule has 2 rings (SSSR count). The smallest absolute Gasteiger partial charge is 0.416 e. The Morgan fingerprint density at radius 2 is 1.81 bits per heavy atom. The molecule has 1 atom stereocenters. The summed E-state index contributed by atoms with van der Waals surface area (Å²) in [5.41, 5.74) is 5.21. The van der Waals surface area contributed by atoms with Crippen molar-refractivity contribution in [2.24, 2.45) is 5.73 Å². The second-order valence-electron chi connectivity index (χ2n) is 4.49. The maximum Gasteiger partial charge on any atom is 0.416 e. The van der Waals surface area contributed by atoms with E-state index in [-0.39, 0.29) is 5.56 Å². The Morgan fingerprint density at radius 3 is 2.43 bits per heavy atom. The Kier molecular flexibility index (Phi) is 4.18. The molecule has 0 fully saturated rings. The lowest BCUT2D eigenvalue weighted by atomic mass is 9.97. The van der Waals surface area contributed by atoms with Crippen LogP contribution < -0.4 is 10.5 Å². The van der Waals surface area contributed by atoms with Crippen molar-refractivity contribution < 1.29 is 22.3 Å². The third-order valence-corrected chi connectivity index (χ3v) is 3.11. The first-order valence-corrected chi connectivity index (χ1v) is 6.09. The number of alkyl halides is 3. The summed E-state index contributed by atoms with van der Waals surface area (Å²) in [5, 5.41) is 0. The molecule has 0 radical (unpaired) electrons. The molecule has 0 spiro atoms. The van der Waals surface area contributed by atoms with Crippen molar-refractivity contribution in [3.63, 3.8) is 0 Å². The number of methoxy groups -OCH3 is 1. The molecule has 0 saturated carbocycles. The summed E-state index contributed by atoms with van der Waals surface area (Å²) in [5.74, 6) is -0.284. The molecule has 2 N–H and O–H groups in total. The van der Waals surface area contributed by atoms with Gasteiger partial charge in [0.05, 0.1) is 18.7 Å². The SMILES string of the molecule is COc1cccc(C(N)c2cc(C(F)(F)F)ccc2F)c1. The zero-order valence-electron chi connectivity index (χ0n) is 11.1. The Bertz CT molecular complexity index is 640. The molecular weight excluding hydrogens is 286 g/mol. The average molecular weight is 299 g/mol. The highest BCUT2D eigenvalue weighted by Crippen LogP contribution is 2.33. The predicted molar refractivity (Wildman–Crippen MR) is 70.4 cm³/mol. The zero-order valence-corrected chi connectivity index (χ0v) is 11.1. The molecule has 6 heteroatoms. The molecule has 21 heavy (non-hydrogen) atoms. The van der Waals surface area contributed by atoms with Gasteiger partial charge >= 0.3 is 6.18 Å². The molecule has 112 valence electrons. The van der Waals surface area contributed by atoms with Gasteiger partial charge in [0, 0.05) is 5.56 Å². The molecule has 2 aromatic carbocycles. The van der Waals surface area contributed by atoms with Crippen molar-refractivity contribution in [3.8, 4) is 5.75 Å². The summed E-state index contributed by atoms with van der Waals surface area (Å²) in [6, 6.07) is 7.66. The lowest BCUT2D eigenvalue weighted by Crippen LogP contribution is -2.15. The minimum atomic E-state index is -4.55. The Hall–Kier alpha value is -2.08. The Balaban J connectivity index is 2.44. The summed E-state index contributed by atoms with van der Waals surface area (Å²) in [6.07, 6.45) is -4.55. The molecule has 0 bridgehead atoms. The summed E-state index contributed by atoms with van der Waals surface area (Å²) < 4.78 is 56.9. The quantitative estimate of drug-likeness (QED) is 0.872. The van der Waals surface area contributed by atoms with Crippen molar-refractivity contribution in [2.45, 2.75) is 12.2 Å². The molecule has 2 aromatic rings. The highest BCUT2D eigenvalue weighted by molar-refractivity contribution is 5.38. The first kappa shape index (κ1) is 15.3. The van der Waals surface area contributed by atoms with E-state index in [1.165, 1.54) is 7.11 Å². The molecule has 0 aromatic heterocycles. The van der Waals surface area contributed by atoms with Gasteiger partial charge in [-0.15, -0.1) is 0 Å².